The van der Waals surface area contributed by atoms with Gasteiger partial charge in [-0.3, -0.25) is 4.79 Å². The monoisotopic (exact) mass is 392 g/mol. The summed E-state index contributed by atoms with van der Waals surface area (Å²) in [5.41, 5.74) is 7.92. The molecule has 0 radical (unpaired) electrons. The Balaban J connectivity index is 0.00000261. The van der Waals surface area contributed by atoms with Crippen molar-refractivity contribution in [3.8, 4) is 5.69 Å². The van der Waals surface area contributed by atoms with Crippen LogP contribution in [0.25, 0.3) is 5.69 Å². The van der Waals surface area contributed by atoms with Crippen molar-refractivity contribution in [2.45, 2.75) is 45.1 Å². The molecule has 27 heavy (non-hydrogen) atoms. The summed E-state index contributed by atoms with van der Waals surface area (Å²) >= 11 is 0. The molecule has 7 nitrogen and oxygen atoms in total. The lowest BCUT2D eigenvalue weighted by atomic mass is 9.98. The summed E-state index contributed by atoms with van der Waals surface area (Å²) in [5.74, 6) is -0.552. The molecule has 1 saturated carbocycles. The molecule has 1 aromatic heterocycles. The van der Waals surface area contributed by atoms with Crippen LogP contribution in [0.5, 0.6) is 0 Å². The van der Waals surface area contributed by atoms with E-state index in [9.17, 15) is 9.59 Å². The first-order valence-electron chi connectivity index (χ1n) is 8.87. The zero-order chi connectivity index (χ0) is 18.7. The summed E-state index contributed by atoms with van der Waals surface area (Å²) in [5, 5.41) is 7.19. The van der Waals surface area contributed by atoms with E-state index in [1.165, 1.54) is 6.20 Å². The number of hydrogen-bond donors (Lipinski definition) is 2. The maximum absolute atomic E-state index is 12.5. The quantitative estimate of drug-likeness (QED) is 0.762. The summed E-state index contributed by atoms with van der Waals surface area (Å²) in [6.07, 6.45) is 4.87. The van der Waals surface area contributed by atoms with Crippen LogP contribution in [0.1, 0.15) is 48.7 Å². The van der Waals surface area contributed by atoms with Gasteiger partial charge in [0.1, 0.15) is 5.56 Å². The molecule has 1 aliphatic carbocycles. The average molecular weight is 393 g/mol. The van der Waals surface area contributed by atoms with Crippen molar-refractivity contribution in [3.05, 3.63) is 41.7 Å². The van der Waals surface area contributed by atoms with Gasteiger partial charge in [0.15, 0.2) is 0 Å². The summed E-state index contributed by atoms with van der Waals surface area (Å²) in [7, 11) is 0. The fourth-order valence-corrected chi connectivity index (χ4v) is 3.28. The third kappa shape index (κ3) is 4.31. The number of nitrogens with zero attached hydrogens (tertiary/aromatic N) is 2. The molecule has 0 unspecified atom stereocenters. The van der Waals surface area contributed by atoms with E-state index in [2.05, 4.69) is 10.4 Å². The predicted molar refractivity (Wildman–Crippen MR) is 106 cm³/mol. The SMILES string of the molecule is CCOC(=O)c1cnn(-c2cccc(NC(=O)C3(N)CCCC3)c2)c1C.Cl. The molecule has 3 rings (SSSR count). The second-order valence-electron chi connectivity index (χ2n) is 6.64. The van der Waals surface area contributed by atoms with Crippen LogP contribution in [0.2, 0.25) is 0 Å². The second-order valence-corrected chi connectivity index (χ2v) is 6.64. The van der Waals surface area contributed by atoms with Crippen LogP contribution >= 0.6 is 12.4 Å². The molecule has 1 heterocycles. The lowest BCUT2D eigenvalue weighted by Gasteiger charge is -2.22. The van der Waals surface area contributed by atoms with Crippen molar-refractivity contribution in [2.75, 3.05) is 11.9 Å². The fraction of sp³-hybridized carbons (Fsp3) is 0.421. The minimum Gasteiger partial charge on any atom is -0.462 e. The standard InChI is InChI=1S/C19H24N4O3.ClH/c1-3-26-17(24)16-12-21-23(13(16)2)15-8-6-7-14(11-15)22-18(25)19(20)9-4-5-10-19;/h6-8,11-12H,3-5,9-10,20H2,1-2H3,(H,22,25);1H. The largest absolute Gasteiger partial charge is 0.462 e. The van der Waals surface area contributed by atoms with Crippen molar-refractivity contribution in [2.24, 2.45) is 5.73 Å². The van der Waals surface area contributed by atoms with Gasteiger partial charge in [-0.1, -0.05) is 18.9 Å². The Bertz CT molecular complexity index is 828. The molecule has 1 amide bonds. The number of amides is 1. The van der Waals surface area contributed by atoms with Crippen LogP contribution < -0.4 is 11.1 Å². The van der Waals surface area contributed by atoms with E-state index in [-0.39, 0.29) is 18.3 Å². The number of nitrogens with two attached hydrogens (primary N) is 1. The maximum atomic E-state index is 12.5. The van der Waals surface area contributed by atoms with Crippen LogP contribution in [-0.4, -0.2) is 33.8 Å². The van der Waals surface area contributed by atoms with Crippen LogP contribution in [0, 0.1) is 6.92 Å². The number of benzene rings is 1. The normalized spacial score (nSPS) is 15.1. The van der Waals surface area contributed by atoms with Gasteiger partial charge >= 0.3 is 5.97 Å². The van der Waals surface area contributed by atoms with E-state index in [1.54, 1.807) is 18.5 Å². The number of carbonyl (C=O) groups is 2. The zero-order valence-electron chi connectivity index (χ0n) is 15.5. The van der Waals surface area contributed by atoms with E-state index >= 15 is 0 Å². The van der Waals surface area contributed by atoms with Gasteiger partial charge < -0.3 is 15.8 Å². The molecule has 0 aliphatic heterocycles. The van der Waals surface area contributed by atoms with Gasteiger partial charge in [-0.15, -0.1) is 12.4 Å². The number of anilines is 1. The van der Waals surface area contributed by atoms with E-state index in [0.717, 1.165) is 18.5 Å². The Morgan fingerprint density at radius 3 is 2.70 bits per heavy atom. The third-order valence-electron chi connectivity index (χ3n) is 4.80. The molecule has 146 valence electrons. The minimum absolute atomic E-state index is 0. The number of aromatic nitrogens is 2. The molecule has 2 aromatic rings. The number of ether oxygens (including phenoxy) is 1. The van der Waals surface area contributed by atoms with Gasteiger partial charge in [0.25, 0.3) is 0 Å². The first-order chi connectivity index (χ1) is 12.4. The fourth-order valence-electron chi connectivity index (χ4n) is 3.28. The number of esters is 1. The molecule has 1 fully saturated rings. The van der Waals surface area contributed by atoms with Crippen molar-refractivity contribution in [3.63, 3.8) is 0 Å². The van der Waals surface area contributed by atoms with Gasteiger partial charge in [0, 0.05) is 5.69 Å². The Labute approximate surface area is 164 Å². The van der Waals surface area contributed by atoms with Gasteiger partial charge in [-0.2, -0.15) is 5.10 Å². The molecular formula is C19H25ClN4O3. The van der Waals surface area contributed by atoms with Gasteiger partial charge in [0.2, 0.25) is 5.91 Å². The maximum Gasteiger partial charge on any atom is 0.341 e. The van der Waals surface area contributed by atoms with Crippen LogP contribution in [0.4, 0.5) is 5.69 Å². The molecule has 0 spiro atoms. The van der Waals surface area contributed by atoms with Gasteiger partial charge in [-0.05, 0) is 44.9 Å². The summed E-state index contributed by atoms with van der Waals surface area (Å²) in [6, 6.07) is 7.31. The number of carbonyl (C=O) groups excluding carboxylic acids is 2. The Morgan fingerprint density at radius 2 is 2.04 bits per heavy atom. The summed E-state index contributed by atoms with van der Waals surface area (Å²) in [6.45, 7) is 3.88. The molecule has 8 heteroatoms. The number of halogens is 1. The van der Waals surface area contributed by atoms with Gasteiger partial charge in [0.05, 0.1) is 29.7 Å². The van der Waals surface area contributed by atoms with Crippen LogP contribution in [-0.2, 0) is 9.53 Å². The first-order valence-corrected chi connectivity index (χ1v) is 8.87. The number of rotatable bonds is 5. The highest BCUT2D eigenvalue weighted by Crippen LogP contribution is 2.28. The Kier molecular flexibility index (Phi) is 6.62. The molecule has 1 aliphatic rings. The summed E-state index contributed by atoms with van der Waals surface area (Å²) < 4.78 is 6.69. The molecule has 0 atom stereocenters. The van der Waals surface area contributed by atoms with E-state index < -0.39 is 11.5 Å². The third-order valence-corrected chi connectivity index (χ3v) is 4.80. The summed E-state index contributed by atoms with van der Waals surface area (Å²) in [4.78, 5) is 24.5. The molecule has 3 N–H and O–H groups in total. The average Bonchev–Trinajstić information content (AvgIpc) is 3.22. The lowest BCUT2D eigenvalue weighted by molar-refractivity contribution is -0.121. The highest BCUT2D eigenvalue weighted by Gasteiger charge is 2.37. The zero-order valence-corrected chi connectivity index (χ0v) is 16.3. The van der Waals surface area contributed by atoms with E-state index in [1.807, 2.05) is 24.3 Å². The van der Waals surface area contributed by atoms with Crippen LogP contribution in [0.3, 0.4) is 0 Å². The number of nitrogens with one attached hydrogen (secondary N) is 1. The molecule has 0 bridgehead atoms. The van der Waals surface area contributed by atoms with Crippen molar-refractivity contribution >= 4 is 30.0 Å². The second kappa shape index (κ2) is 8.54. The Hall–Kier alpha value is -2.38. The predicted octanol–water partition coefficient (Wildman–Crippen LogP) is 2.99. The number of hydrogen-bond acceptors (Lipinski definition) is 5. The topological polar surface area (TPSA) is 99.2 Å². The Morgan fingerprint density at radius 1 is 1.33 bits per heavy atom. The molecule has 0 saturated heterocycles. The smallest absolute Gasteiger partial charge is 0.341 e. The minimum atomic E-state index is -0.783. The van der Waals surface area contributed by atoms with E-state index in [0.29, 0.717) is 36.4 Å². The van der Waals surface area contributed by atoms with Crippen molar-refractivity contribution < 1.29 is 14.3 Å². The van der Waals surface area contributed by atoms with E-state index in [4.69, 9.17) is 10.5 Å². The lowest BCUT2D eigenvalue weighted by Crippen LogP contribution is -2.48. The van der Waals surface area contributed by atoms with Gasteiger partial charge in [-0.25, -0.2) is 9.48 Å². The highest BCUT2D eigenvalue weighted by atomic mass is 35.5. The van der Waals surface area contributed by atoms with Crippen molar-refractivity contribution in [1.82, 2.24) is 9.78 Å². The molecular weight excluding hydrogens is 368 g/mol. The van der Waals surface area contributed by atoms with Crippen molar-refractivity contribution in [1.29, 1.82) is 0 Å². The highest BCUT2D eigenvalue weighted by molar-refractivity contribution is 5.98. The molecule has 1 aromatic carbocycles. The first kappa shape index (κ1) is 20.9. The van der Waals surface area contributed by atoms with Crippen LogP contribution in [0.15, 0.2) is 30.5 Å².